The van der Waals surface area contributed by atoms with Crippen LogP contribution in [-0.2, 0) is 5.41 Å². The highest BCUT2D eigenvalue weighted by Crippen LogP contribution is 2.52. The molecular weight excluding hydrogens is 657 g/mol. The molecule has 0 bridgehead atoms. The zero-order valence-corrected chi connectivity index (χ0v) is 30.1. The van der Waals surface area contributed by atoms with Crippen molar-refractivity contribution in [2.75, 3.05) is 4.90 Å². The second-order valence-electron chi connectivity index (χ2n) is 15.0. The Labute approximate surface area is 313 Å². The van der Waals surface area contributed by atoms with Crippen molar-refractivity contribution < 1.29 is 4.42 Å². The average Bonchev–Trinajstić information content (AvgIpc) is 3.87. The summed E-state index contributed by atoms with van der Waals surface area (Å²) in [4.78, 5) is 6.24. The molecule has 8 aromatic carbocycles. The number of para-hydroxylation sites is 2. The Kier molecular flexibility index (Phi) is 6.60. The summed E-state index contributed by atoms with van der Waals surface area (Å²) >= 11 is 0. The van der Waals surface area contributed by atoms with E-state index in [4.69, 9.17) is 4.42 Å². The molecule has 1 aliphatic carbocycles. The van der Waals surface area contributed by atoms with Gasteiger partial charge in [-0.25, -0.2) is 0 Å². The van der Waals surface area contributed by atoms with Gasteiger partial charge in [0.05, 0.1) is 11.2 Å². The number of H-pyrrole nitrogens is 1. The molecule has 0 unspecified atom stereocenters. The van der Waals surface area contributed by atoms with Crippen LogP contribution in [0.4, 0.5) is 17.1 Å². The van der Waals surface area contributed by atoms with Crippen molar-refractivity contribution in [3.8, 4) is 33.4 Å². The quantitative estimate of drug-likeness (QED) is 0.195. The number of hydrogen-bond acceptors (Lipinski definition) is 2. The number of furan rings is 1. The summed E-state index contributed by atoms with van der Waals surface area (Å²) in [6.45, 7) is 4.72. The maximum Gasteiger partial charge on any atom is 0.135 e. The van der Waals surface area contributed by atoms with Gasteiger partial charge in [0.1, 0.15) is 11.2 Å². The van der Waals surface area contributed by atoms with E-state index in [9.17, 15) is 0 Å². The topological polar surface area (TPSA) is 32.2 Å². The van der Waals surface area contributed by atoms with E-state index in [2.05, 4.69) is 188 Å². The van der Waals surface area contributed by atoms with Gasteiger partial charge in [-0.1, -0.05) is 141 Å². The van der Waals surface area contributed by atoms with Crippen molar-refractivity contribution in [1.82, 2.24) is 4.98 Å². The zero-order valence-electron chi connectivity index (χ0n) is 30.1. The summed E-state index contributed by atoms with van der Waals surface area (Å²) in [6.07, 6.45) is 0. The molecule has 54 heavy (non-hydrogen) atoms. The van der Waals surface area contributed by atoms with Gasteiger partial charge in [-0.15, -0.1) is 0 Å². The predicted octanol–water partition coefficient (Wildman–Crippen LogP) is 14.3. The summed E-state index contributed by atoms with van der Waals surface area (Å²) in [5, 5.41) is 4.59. The number of aromatic nitrogens is 1. The highest BCUT2D eigenvalue weighted by Gasteiger charge is 2.37. The van der Waals surface area contributed by atoms with E-state index >= 15 is 0 Å². The molecule has 0 atom stereocenters. The van der Waals surface area contributed by atoms with E-state index in [1.165, 1.54) is 55.3 Å². The van der Waals surface area contributed by atoms with Crippen LogP contribution in [-0.4, -0.2) is 4.98 Å². The molecule has 2 aromatic heterocycles. The number of rotatable bonds is 5. The Balaban J connectivity index is 1.14. The number of benzene rings is 8. The Morgan fingerprint density at radius 1 is 0.481 bits per heavy atom. The van der Waals surface area contributed by atoms with Gasteiger partial charge < -0.3 is 14.3 Å². The Morgan fingerprint density at radius 2 is 1.15 bits per heavy atom. The van der Waals surface area contributed by atoms with E-state index in [-0.39, 0.29) is 5.41 Å². The SMILES string of the molecule is CC1(C)c2ccccc2-c2cccc(-c3ccc(N(c4ccc5oc6ccccc6c5c4)c4ccc(-c5ccccc5)c5[nH]c6ccccc6c45)cc3)c21. The Morgan fingerprint density at radius 3 is 2.02 bits per heavy atom. The molecule has 0 aliphatic heterocycles. The number of aromatic amines is 1. The molecule has 2 heterocycles. The van der Waals surface area contributed by atoms with Crippen molar-refractivity contribution in [3.05, 3.63) is 187 Å². The molecule has 10 aromatic rings. The number of nitrogens with one attached hydrogen (secondary N) is 1. The van der Waals surface area contributed by atoms with Crippen molar-refractivity contribution in [3.63, 3.8) is 0 Å². The molecule has 0 amide bonds. The van der Waals surface area contributed by atoms with Gasteiger partial charge in [0, 0.05) is 49.4 Å². The van der Waals surface area contributed by atoms with Gasteiger partial charge in [0.25, 0.3) is 0 Å². The van der Waals surface area contributed by atoms with Crippen molar-refractivity contribution >= 4 is 60.8 Å². The molecule has 3 heteroatoms. The first-order valence-electron chi connectivity index (χ1n) is 18.7. The highest BCUT2D eigenvalue weighted by molar-refractivity contribution is 6.19. The molecule has 0 saturated heterocycles. The molecule has 0 saturated carbocycles. The van der Waals surface area contributed by atoms with Crippen LogP contribution in [0.2, 0.25) is 0 Å². The van der Waals surface area contributed by atoms with E-state index in [0.717, 1.165) is 50.0 Å². The second kappa shape index (κ2) is 11.6. The number of fused-ring (bicyclic) bond motifs is 9. The lowest BCUT2D eigenvalue weighted by molar-refractivity contribution is 0.662. The minimum Gasteiger partial charge on any atom is -0.456 e. The zero-order chi connectivity index (χ0) is 36.0. The van der Waals surface area contributed by atoms with Crippen molar-refractivity contribution in [1.29, 1.82) is 0 Å². The first kappa shape index (κ1) is 30.8. The third-order valence-corrected chi connectivity index (χ3v) is 11.6. The molecule has 256 valence electrons. The van der Waals surface area contributed by atoms with E-state index in [1.807, 2.05) is 12.1 Å². The molecule has 0 fully saturated rings. The van der Waals surface area contributed by atoms with Crippen LogP contribution >= 0.6 is 0 Å². The lowest BCUT2D eigenvalue weighted by Crippen LogP contribution is -2.16. The smallest absolute Gasteiger partial charge is 0.135 e. The average molecular weight is 693 g/mol. The Hall–Kier alpha value is -6.84. The second-order valence-corrected chi connectivity index (χ2v) is 15.0. The molecule has 0 spiro atoms. The van der Waals surface area contributed by atoms with Crippen LogP contribution in [0.15, 0.2) is 180 Å². The third-order valence-electron chi connectivity index (χ3n) is 11.6. The Bertz CT molecular complexity index is 3070. The van der Waals surface area contributed by atoms with Gasteiger partial charge in [-0.3, -0.25) is 0 Å². The van der Waals surface area contributed by atoms with Gasteiger partial charge in [-0.05, 0) is 87.5 Å². The summed E-state index contributed by atoms with van der Waals surface area (Å²) < 4.78 is 6.30. The number of anilines is 3. The third kappa shape index (κ3) is 4.48. The van der Waals surface area contributed by atoms with Gasteiger partial charge in [0.2, 0.25) is 0 Å². The van der Waals surface area contributed by atoms with Crippen LogP contribution in [0, 0.1) is 0 Å². The lowest BCUT2D eigenvalue weighted by Gasteiger charge is -2.28. The summed E-state index contributed by atoms with van der Waals surface area (Å²) in [6, 6.07) is 63.6. The highest BCUT2D eigenvalue weighted by atomic mass is 16.3. The largest absolute Gasteiger partial charge is 0.456 e. The number of nitrogens with zero attached hydrogens (tertiary/aromatic N) is 1. The summed E-state index contributed by atoms with van der Waals surface area (Å²) in [5.41, 5.74) is 17.5. The van der Waals surface area contributed by atoms with Crippen LogP contribution in [0.5, 0.6) is 0 Å². The van der Waals surface area contributed by atoms with E-state index < -0.39 is 0 Å². The van der Waals surface area contributed by atoms with Crippen molar-refractivity contribution in [2.24, 2.45) is 0 Å². The fraction of sp³-hybridized carbons (Fsp3) is 0.0588. The van der Waals surface area contributed by atoms with Crippen molar-refractivity contribution in [2.45, 2.75) is 19.3 Å². The van der Waals surface area contributed by atoms with E-state index in [0.29, 0.717) is 0 Å². The first-order valence-corrected chi connectivity index (χ1v) is 18.7. The monoisotopic (exact) mass is 692 g/mol. The fourth-order valence-corrected chi connectivity index (χ4v) is 9.14. The maximum atomic E-state index is 6.30. The first-order chi connectivity index (χ1) is 26.5. The maximum absolute atomic E-state index is 6.30. The van der Waals surface area contributed by atoms with Gasteiger partial charge >= 0.3 is 0 Å². The van der Waals surface area contributed by atoms with Crippen LogP contribution in [0.1, 0.15) is 25.0 Å². The fourth-order valence-electron chi connectivity index (χ4n) is 9.14. The molecular formula is C51H36N2O. The molecule has 11 rings (SSSR count). The van der Waals surface area contributed by atoms with Crippen LogP contribution in [0.25, 0.3) is 77.1 Å². The van der Waals surface area contributed by atoms with Crippen LogP contribution in [0.3, 0.4) is 0 Å². The van der Waals surface area contributed by atoms with Gasteiger partial charge in [-0.2, -0.15) is 0 Å². The molecule has 0 radical (unpaired) electrons. The molecule has 3 nitrogen and oxygen atoms in total. The summed E-state index contributed by atoms with van der Waals surface area (Å²) in [5.74, 6) is 0. The minimum atomic E-state index is -0.0998. The van der Waals surface area contributed by atoms with E-state index in [1.54, 1.807) is 0 Å². The standard InChI is InChI=1S/C51H36N2O/c1-51(2)43-20-9-6-15-38(43)40-19-12-18-36(49(40)51)33-23-25-34(26-24-33)53(35-27-30-47-42(31-35)39-16-8-11-22-46(39)54-47)45-29-28-37(32-13-4-3-5-14-32)50-48(45)41-17-7-10-21-44(41)52-50/h3-31,52H,1-2H3. The predicted molar refractivity (Wildman–Crippen MR) is 226 cm³/mol. The lowest BCUT2D eigenvalue weighted by atomic mass is 9.79. The van der Waals surface area contributed by atoms with Gasteiger partial charge in [0.15, 0.2) is 0 Å². The summed E-state index contributed by atoms with van der Waals surface area (Å²) in [7, 11) is 0. The molecule has 1 N–H and O–H groups in total. The normalized spacial score (nSPS) is 13.1. The van der Waals surface area contributed by atoms with Crippen LogP contribution < -0.4 is 4.90 Å². The minimum absolute atomic E-state index is 0.0998. The molecule has 1 aliphatic rings. The number of hydrogen-bond donors (Lipinski definition) is 1.